The maximum Gasteiger partial charge on any atom is 0.337 e. The van der Waals surface area contributed by atoms with Gasteiger partial charge >= 0.3 is 5.97 Å². The number of amides is 2. The topological polar surface area (TPSA) is 99.6 Å². The summed E-state index contributed by atoms with van der Waals surface area (Å²) in [6.07, 6.45) is 1.20. The molecule has 0 spiro atoms. The van der Waals surface area contributed by atoms with Gasteiger partial charge in [0.05, 0.1) is 12.1 Å². The zero-order valence-electron chi connectivity index (χ0n) is 10.5. The Morgan fingerprint density at radius 1 is 1.42 bits per heavy atom. The molecule has 0 radical (unpaired) electrons. The van der Waals surface area contributed by atoms with Crippen LogP contribution in [0.5, 0.6) is 0 Å². The molecule has 7 nitrogen and oxygen atoms in total. The number of nitrogens with one attached hydrogen (secondary N) is 1. The average molecular weight is 263 g/mol. The molecule has 0 bridgehead atoms. The van der Waals surface area contributed by atoms with E-state index in [0.717, 1.165) is 0 Å². The van der Waals surface area contributed by atoms with E-state index in [4.69, 9.17) is 5.11 Å². The third-order valence-corrected chi connectivity index (χ3v) is 3.06. The summed E-state index contributed by atoms with van der Waals surface area (Å²) in [6.45, 7) is 3.33. The number of anilines is 1. The maximum atomic E-state index is 11.8. The van der Waals surface area contributed by atoms with Gasteiger partial charge in [-0.1, -0.05) is 0 Å². The number of carbonyl (C=O) groups excluding carboxylic acids is 2. The van der Waals surface area contributed by atoms with Crippen LogP contribution in [-0.4, -0.2) is 40.0 Å². The Hall–Kier alpha value is -2.44. The Labute approximate surface area is 109 Å². The zero-order chi connectivity index (χ0) is 14.2. The molecule has 0 aromatic carbocycles. The zero-order valence-corrected chi connectivity index (χ0v) is 10.5. The highest BCUT2D eigenvalue weighted by atomic mass is 16.4. The highest BCUT2D eigenvalue weighted by Crippen LogP contribution is 2.24. The van der Waals surface area contributed by atoms with E-state index >= 15 is 0 Å². The molecule has 0 saturated carbocycles. The quantitative estimate of drug-likeness (QED) is 0.730. The molecular weight excluding hydrogens is 250 g/mol. The van der Waals surface area contributed by atoms with Gasteiger partial charge in [0.1, 0.15) is 11.4 Å². The lowest BCUT2D eigenvalue weighted by atomic mass is 9.98. The summed E-state index contributed by atoms with van der Waals surface area (Å²) in [4.78, 5) is 39.5. The fourth-order valence-corrected chi connectivity index (χ4v) is 1.82. The van der Waals surface area contributed by atoms with Crippen LogP contribution < -0.4 is 10.2 Å². The van der Waals surface area contributed by atoms with E-state index < -0.39 is 23.3 Å². The molecule has 2 amide bonds. The SMILES string of the molecule is CC1(C)C(=O)NC(=O)CN1c1ccc(C(=O)O)cn1. The fourth-order valence-electron chi connectivity index (χ4n) is 1.82. The van der Waals surface area contributed by atoms with Crippen molar-refractivity contribution in [2.45, 2.75) is 19.4 Å². The van der Waals surface area contributed by atoms with Crippen molar-refractivity contribution in [3.63, 3.8) is 0 Å². The van der Waals surface area contributed by atoms with E-state index in [2.05, 4.69) is 10.3 Å². The van der Waals surface area contributed by atoms with Gasteiger partial charge in [-0.3, -0.25) is 14.9 Å². The van der Waals surface area contributed by atoms with Crippen molar-refractivity contribution < 1.29 is 19.5 Å². The second-order valence-corrected chi connectivity index (χ2v) is 4.73. The predicted molar refractivity (Wildman–Crippen MR) is 65.8 cm³/mol. The molecule has 0 aliphatic carbocycles. The number of carbonyl (C=O) groups is 3. The Morgan fingerprint density at radius 3 is 2.63 bits per heavy atom. The minimum Gasteiger partial charge on any atom is -0.478 e. The molecule has 1 aromatic heterocycles. The fraction of sp³-hybridized carbons (Fsp3) is 0.333. The van der Waals surface area contributed by atoms with Gasteiger partial charge < -0.3 is 10.0 Å². The van der Waals surface area contributed by atoms with Crippen LogP contribution in [0.4, 0.5) is 5.82 Å². The Kier molecular flexibility index (Phi) is 2.97. The van der Waals surface area contributed by atoms with Gasteiger partial charge in [0, 0.05) is 6.20 Å². The number of carboxylic acid groups (broad SMARTS) is 1. The highest BCUT2D eigenvalue weighted by Gasteiger charge is 2.41. The number of pyridine rings is 1. The average Bonchev–Trinajstić information content (AvgIpc) is 2.34. The monoisotopic (exact) mass is 263 g/mol. The van der Waals surface area contributed by atoms with Crippen LogP contribution >= 0.6 is 0 Å². The van der Waals surface area contributed by atoms with Gasteiger partial charge in [-0.15, -0.1) is 0 Å². The molecular formula is C12H13N3O4. The van der Waals surface area contributed by atoms with Crippen molar-refractivity contribution in [2.75, 3.05) is 11.4 Å². The summed E-state index contributed by atoms with van der Waals surface area (Å²) in [5, 5.41) is 11.1. The first-order valence-electron chi connectivity index (χ1n) is 5.63. The van der Waals surface area contributed by atoms with Gasteiger partial charge in [-0.05, 0) is 26.0 Å². The van der Waals surface area contributed by atoms with Crippen molar-refractivity contribution in [1.29, 1.82) is 0 Å². The van der Waals surface area contributed by atoms with Crippen LogP contribution in [0.15, 0.2) is 18.3 Å². The van der Waals surface area contributed by atoms with Crippen LogP contribution in [0.25, 0.3) is 0 Å². The molecule has 1 saturated heterocycles. The molecule has 19 heavy (non-hydrogen) atoms. The molecule has 0 unspecified atom stereocenters. The Bertz CT molecular complexity index is 551. The van der Waals surface area contributed by atoms with Gasteiger partial charge in [0.25, 0.3) is 5.91 Å². The summed E-state index contributed by atoms with van der Waals surface area (Å²) < 4.78 is 0. The van der Waals surface area contributed by atoms with E-state index in [0.29, 0.717) is 5.82 Å². The summed E-state index contributed by atoms with van der Waals surface area (Å²) in [7, 11) is 0. The summed E-state index contributed by atoms with van der Waals surface area (Å²) in [5.41, 5.74) is -0.875. The molecule has 1 aromatic rings. The lowest BCUT2D eigenvalue weighted by molar-refractivity contribution is -0.135. The van der Waals surface area contributed by atoms with Crippen LogP contribution in [0, 0.1) is 0 Å². The number of nitrogens with zero attached hydrogens (tertiary/aromatic N) is 2. The number of aromatic nitrogens is 1. The number of hydrogen-bond donors (Lipinski definition) is 2. The normalized spacial score (nSPS) is 18.1. The van der Waals surface area contributed by atoms with Gasteiger partial charge in [-0.25, -0.2) is 9.78 Å². The third-order valence-electron chi connectivity index (χ3n) is 3.06. The van der Waals surface area contributed by atoms with E-state index in [1.165, 1.54) is 18.3 Å². The molecule has 100 valence electrons. The molecule has 2 rings (SSSR count). The van der Waals surface area contributed by atoms with E-state index in [1.54, 1.807) is 18.7 Å². The standard InChI is InChI=1S/C12H13N3O4/c1-12(2)11(19)14-9(16)6-15(12)8-4-3-7(5-13-8)10(17)18/h3-5H,6H2,1-2H3,(H,17,18)(H,14,16,19). The summed E-state index contributed by atoms with van der Waals surface area (Å²) in [5.74, 6) is -1.51. The number of piperazine rings is 1. The minimum absolute atomic E-state index is 0.00183. The van der Waals surface area contributed by atoms with Gasteiger partial charge in [0.2, 0.25) is 5.91 Å². The summed E-state index contributed by atoms with van der Waals surface area (Å²) in [6, 6.07) is 2.87. The molecule has 2 N–H and O–H groups in total. The van der Waals surface area contributed by atoms with Crippen LogP contribution in [0.1, 0.15) is 24.2 Å². The molecule has 1 aliphatic rings. The Morgan fingerprint density at radius 2 is 2.11 bits per heavy atom. The minimum atomic E-state index is -1.08. The molecule has 1 aliphatic heterocycles. The van der Waals surface area contributed by atoms with E-state index in [9.17, 15) is 14.4 Å². The molecule has 0 atom stereocenters. The number of carboxylic acids is 1. The van der Waals surface area contributed by atoms with E-state index in [-0.39, 0.29) is 12.1 Å². The maximum absolute atomic E-state index is 11.8. The second-order valence-electron chi connectivity index (χ2n) is 4.73. The lowest BCUT2D eigenvalue weighted by Gasteiger charge is -2.40. The second kappa shape index (κ2) is 4.34. The van der Waals surface area contributed by atoms with Crippen LogP contribution in [-0.2, 0) is 9.59 Å². The van der Waals surface area contributed by atoms with Crippen molar-refractivity contribution in [2.24, 2.45) is 0 Å². The number of imide groups is 1. The molecule has 1 fully saturated rings. The van der Waals surface area contributed by atoms with Crippen molar-refractivity contribution in [3.8, 4) is 0 Å². The number of aromatic carboxylic acids is 1. The lowest BCUT2D eigenvalue weighted by Crippen LogP contribution is -2.64. The smallest absolute Gasteiger partial charge is 0.337 e. The van der Waals surface area contributed by atoms with Crippen molar-refractivity contribution in [3.05, 3.63) is 23.9 Å². The summed E-state index contributed by atoms with van der Waals surface area (Å²) >= 11 is 0. The van der Waals surface area contributed by atoms with Gasteiger partial charge in [0.15, 0.2) is 0 Å². The highest BCUT2D eigenvalue weighted by molar-refractivity contribution is 6.06. The first-order chi connectivity index (χ1) is 8.82. The van der Waals surface area contributed by atoms with Crippen LogP contribution in [0.3, 0.4) is 0 Å². The van der Waals surface area contributed by atoms with Crippen LogP contribution in [0.2, 0.25) is 0 Å². The first-order valence-corrected chi connectivity index (χ1v) is 5.63. The van der Waals surface area contributed by atoms with Gasteiger partial charge in [-0.2, -0.15) is 0 Å². The third kappa shape index (κ3) is 2.26. The molecule has 2 heterocycles. The number of hydrogen-bond acceptors (Lipinski definition) is 5. The van der Waals surface area contributed by atoms with E-state index in [1.807, 2.05) is 0 Å². The molecule has 7 heteroatoms. The largest absolute Gasteiger partial charge is 0.478 e. The van der Waals surface area contributed by atoms with Crippen molar-refractivity contribution in [1.82, 2.24) is 10.3 Å². The Balaban J connectivity index is 2.36. The predicted octanol–water partition coefficient (Wildman–Crippen LogP) is 0.0212. The van der Waals surface area contributed by atoms with Crippen molar-refractivity contribution >= 4 is 23.6 Å². The first kappa shape index (κ1) is 13.0. The number of rotatable bonds is 2.